The van der Waals surface area contributed by atoms with Gasteiger partial charge >= 0.3 is 5.97 Å². The average Bonchev–Trinajstić information content (AvgIpc) is 2.74. The first-order valence-corrected chi connectivity index (χ1v) is 5.38. The molecule has 0 radical (unpaired) electrons. The van der Waals surface area contributed by atoms with Gasteiger partial charge in [-0.25, -0.2) is 4.79 Å². The molecule has 0 saturated carbocycles. The molecular formula is C10H17NO5. The van der Waals surface area contributed by atoms with Crippen LogP contribution in [0.15, 0.2) is 0 Å². The maximum Gasteiger partial charge on any atom is 0.332 e. The highest BCUT2D eigenvalue weighted by atomic mass is 16.5. The van der Waals surface area contributed by atoms with E-state index in [1.54, 1.807) is 0 Å². The molecule has 16 heavy (non-hydrogen) atoms. The van der Waals surface area contributed by atoms with E-state index in [9.17, 15) is 9.59 Å². The van der Waals surface area contributed by atoms with Gasteiger partial charge in [-0.2, -0.15) is 0 Å². The van der Waals surface area contributed by atoms with Crippen LogP contribution >= 0.6 is 0 Å². The second kappa shape index (κ2) is 5.81. The predicted molar refractivity (Wildman–Crippen MR) is 54.8 cm³/mol. The van der Waals surface area contributed by atoms with Crippen LogP contribution in [0.25, 0.3) is 0 Å². The number of rotatable bonds is 5. The van der Waals surface area contributed by atoms with Crippen LogP contribution in [0.1, 0.15) is 26.2 Å². The Balaban J connectivity index is 2.41. The number of amides is 1. The third-order valence-corrected chi connectivity index (χ3v) is 2.65. The van der Waals surface area contributed by atoms with Crippen molar-refractivity contribution in [1.29, 1.82) is 0 Å². The van der Waals surface area contributed by atoms with Gasteiger partial charge in [-0.1, -0.05) is 6.92 Å². The number of carbonyl (C=O) groups excluding carboxylic acids is 1. The lowest BCUT2D eigenvalue weighted by molar-refractivity contribution is -0.152. The highest BCUT2D eigenvalue weighted by molar-refractivity contribution is 5.82. The van der Waals surface area contributed by atoms with E-state index in [4.69, 9.17) is 14.9 Å². The number of ether oxygens (including phenoxy) is 1. The zero-order valence-electron chi connectivity index (χ0n) is 9.18. The average molecular weight is 231 g/mol. The van der Waals surface area contributed by atoms with Crippen molar-refractivity contribution in [3.63, 3.8) is 0 Å². The van der Waals surface area contributed by atoms with Gasteiger partial charge in [0.25, 0.3) is 0 Å². The van der Waals surface area contributed by atoms with E-state index in [-0.39, 0.29) is 18.6 Å². The van der Waals surface area contributed by atoms with Crippen LogP contribution in [0, 0.1) is 0 Å². The monoisotopic (exact) mass is 231 g/mol. The van der Waals surface area contributed by atoms with Gasteiger partial charge in [-0.3, -0.25) is 4.79 Å². The molecule has 6 nitrogen and oxygen atoms in total. The smallest absolute Gasteiger partial charge is 0.332 e. The molecule has 0 unspecified atom stereocenters. The second-order valence-corrected chi connectivity index (χ2v) is 3.83. The fourth-order valence-electron chi connectivity index (χ4n) is 1.58. The number of carboxylic acid groups (broad SMARTS) is 1. The Labute approximate surface area is 93.6 Å². The molecule has 0 aromatic rings. The molecule has 1 saturated heterocycles. The lowest BCUT2D eigenvalue weighted by Gasteiger charge is -2.17. The van der Waals surface area contributed by atoms with Crippen molar-refractivity contribution in [3.05, 3.63) is 0 Å². The first kappa shape index (κ1) is 12.9. The van der Waals surface area contributed by atoms with Crippen LogP contribution in [0.2, 0.25) is 0 Å². The molecule has 6 heteroatoms. The molecule has 0 spiro atoms. The van der Waals surface area contributed by atoms with Gasteiger partial charge in [0, 0.05) is 0 Å². The summed E-state index contributed by atoms with van der Waals surface area (Å²) >= 11 is 0. The van der Waals surface area contributed by atoms with E-state index >= 15 is 0 Å². The summed E-state index contributed by atoms with van der Waals surface area (Å²) in [5.74, 6) is -1.38. The predicted octanol–water partition coefficient (Wildman–Crippen LogP) is -0.494. The highest BCUT2D eigenvalue weighted by Crippen LogP contribution is 2.20. The van der Waals surface area contributed by atoms with Crippen LogP contribution in [0.4, 0.5) is 0 Å². The molecule has 0 aliphatic carbocycles. The summed E-state index contributed by atoms with van der Waals surface area (Å²) in [7, 11) is 0. The van der Waals surface area contributed by atoms with Gasteiger partial charge in [0.15, 0.2) is 6.10 Å². The quantitative estimate of drug-likeness (QED) is 0.593. The summed E-state index contributed by atoms with van der Waals surface area (Å²) < 4.78 is 5.08. The van der Waals surface area contributed by atoms with Crippen LogP contribution in [-0.4, -0.2) is 46.9 Å². The number of aliphatic hydroxyl groups is 1. The molecule has 1 aliphatic rings. The Hall–Kier alpha value is -1.14. The van der Waals surface area contributed by atoms with Crippen molar-refractivity contribution >= 4 is 11.9 Å². The number of carbonyl (C=O) groups is 2. The van der Waals surface area contributed by atoms with Gasteiger partial charge in [0.05, 0.1) is 12.6 Å². The zero-order valence-corrected chi connectivity index (χ0v) is 9.18. The number of hydrogen-bond acceptors (Lipinski definition) is 4. The number of carboxylic acids is 1. The van der Waals surface area contributed by atoms with E-state index < -0.39 is 18.2 Å². The standard InChI is InChI=1S/C10H17NO5/c1-2-6(5-12)11-9(13)7-3-4-8(16-7)10(14)15/h6-8,12H,2-5H2,1H3,(H,11,13)(H,14,15)/t6-,7-,8+/m0/s1. The molecule has 3 N–H and O–H groups in total. The molecule has 3 atom stereocenters. The van der Waals surface area contributed by atoms with Crippen molar-refractivity contribution in [3.8, 4) is 0 Å². The van der Waals surface area contributed by atoms with Crippen molar-refractivity contribution < 1.29 is 24.5 Å². The van der Waals surface area contributed by atoms with Gasteiger partial charge in [0.1, 0.15) is 6.10 Å². The number of aliphatic carboxylic acids is 1. The van der Waals surface area contributed by atoms with Crippen LogP contribution in [-0.2, 0) is 14.3 Å². The summed E-state index contributed by atoms with van der Waals surface area (Å²) in [6, 6.07) is -0.292. The largest absolute Gasteiger partial charge is 0.479 e. The van der Waals surface area contributed by atoms with Gasteiger partial charge in [-0.15, -0.1) is 0 Å². The number of hydrogen-bond donors (Lipinski definition) is 3. The molecule has 1 fully saturated rings. The van der Waals surface area contributed by atoms with Crippen LogP contribution in [0.3, 0.4) is 0 Å². The van der Waals surface area contributed by atoms with Crippen molar-refractivity contribution in [2.45, 2.75) is 44.4 Å². The molecule has 0 aromatic heterocycles. The molecule has 1 aliphatic heterocycles. The number of aliphatic hydroxyl groups excluding tert-OH is 1. The Kier molecular flexibility index (Phi) is 4.70. The third-order valence-electron chi connectivity index (χ3n) is 2.65. The third kappa shape index (κ3) is 3.18. The molecule has 1 heterocycles. The lowest BCUT2D eigenvalue weighted by Crippen LogP contribution is -2.43. The molecule has 1 amide bonds. The number of nitrogens with one attached hydrogen (secondary N) is 1. The van der Waals surface area contributed by atoms with Crippen LogP contribution in [0.5, 0.6) is 0 Å². The van der Waals surface area contributed by atoms with Gasteiger partial charge < -0.3 is 20.3 Å². The van der Waals surface area contributed by atoms with E-state index in [2.05, 4.69) is 5.32 Å². The first-order chi connectivity index (χ1) is 7.58. The van der Waals surface area contributed by atoms with E-state index in [0.29, 0.717) is 19.3 Å². The molecule has 0 bridgehead atoms. The van der Waals surface area contributed by atoms with Gasteiger partial charge in [-0.05, 0) is 19.3 Å². The molecule has 92 valence electrons. The second-order valence-electron chi connectivity index (χ2n) is 3.83. The fourth-order valence-corrected chi connectivity index (χ4v) is 1.58. The molecular weight excluding hydrogens is 214 g/mol. The topological polar surface area (TPSA) is 95.9 Å². The van der Waals surface area contributed by atoms with Crippen LogP contribution < -0.4 is 5.32 Å². The van der Waals surface area contributed by atoms with Crippen molar-refractivity contribution in [1.82, 2.24) is 5.32 Å². The highest BCUT2D eigenvalue weighted by Gasteiger charge is 2.35. The maximum atomic E-state index is 11.6. The van der Waals surface area contributed by atoms with Crippen molar-refractivity contribution in [2.24, 2.45) is 0 Å². The zero-order chi connectivity index (χ0) is 12.1. The lowest BCUT2D eigenvalue weighted by atomic mass is 10.1. The Morgan fingerprint density at radius 2 is 2.06 bits per heavy atom. The summed E-state index contributed by atoms with van der Waals surface area (Å²) in [6.07, 6.45) is -0.211. The van der Waals surface area contributed by atoms with Gasteiger partial charge in [0.2, 0.25) is 5.91 Å². The van der Waals surface area contributed by atoms with E-state index in [0.717, 1.165) is 0 Å². The maximum absolute atomic E-state index is 11.6. The summed E-state index contributed by atoms with van der Waals surface area (Å²) in [4.78, 5) is 22.2. The summed E-state index contributed by atoms with van der Waals surface area (Å²) in [5.41, 5.74) is 0. The minimum atomic E-state index is -1.04. The molecule has 1 rings (SSSR count). The fraction of sp³-hybridized carbons (Fsp3) is 0.800. The normalized spacial score (nSPS) is 26.4. The Morgan fingerprint density at radius 3 is 2.50 bits per heavy atom. The minimum Gasteiger partial charge on any atom is -0.479 e. The van der Waals surface area contributed by atoms with E-state index in [1.807, 2.05) is 6.92 Å². The minimum absolute atomic E-state index is 0.128. The van der Waals surface area contributed by atoms with E-state index in [1.165, 1.54) is 0 Å². The van der Waals surface area contributed by atoms with Crippen molar-refractivity contribution in [2.75, 3.05) is 6.61 Å². The Morgan fingerprint density at radius 1 is 1.44 bits per heavy atom. The summed E-state index contributed by atoms with van der Waals surface area (Å²) in [6.45, 7) is 1.72. The Bertz CT molecular complexity index is 264. The first-order valence-electron chi connectivity index (χ1n) is 5.38. The SMILES string of the molecule is CC[C@@H](CO)NC(=O)[C@@H]1CC[C@H](C(=O)O)O1. The summed E-state index contributed by atoms with van der Waals surface area (Å²) in [5, 5.41) is 20.2. The molecule has 0 aromatic carbocycles.